The van der Waals surface area contributed by atoms with Gasteiger partial charge >= 0.3 is 0 Å². The number of carbonyl (C=O) groups excluding carboxylic acids is 1. The molecule has 4 heteroatoms. The summed E-state index contributed by atoms with van der Waals surface area (Å²) in [7, 11) is 5.78. The number of piperazine rings is 1. The van der Waals surface area contributed by atoms with E-state index in [0.29, 0.717) is 0 Å². The molecule has 1 fully saturated rings. The van der Waals surface area contributed by atoms with Gasteiger partial charge in [-0.3, -0.25) is 9.69 Å². The third kappa shape index (κ3) is 3.33. The molecule has 0 bridgehead atoms. The Bertz CT molecular complexity index is 411. The average Bonchev–Trinajstić information content (AvgIpc) is 2.42. The molecule has 2 rings (SSSR count). The van der Waals surface area contributed by atoms with Crippen LogP contribution in [0.15, 0.2) is 30.3 Å². The second-order valence-corrected chi connectivity index (χ2v) is 5.39. The van der Waals surface area contributed by atoms with Crippen LogP contribution in [0.1, 0.15) is 11.6 Å². The Labute approximate surface area is 115 Å². The summed E-state index contributed by atoms with van der Waals surface area (Å²) in [5, 5.41) is 0. The molecule has 1 aromatic carbocycles. The van der Waals surface area contributed by atoms with Crippen LogP contribution in [0.2, 0.25) is 0 Å². The van der Waals surface area contributed by atoms with E-state index < -0.39 is 0 Å². The molecular formula is C15H23N3O. The van der Waals surface area contributed by atoms with Crippen molar-refractivity contribution in [2.45, 2.75) is 6.04 Å². The summed E-state index contributed by atoms with van der Waals surface area (Å²) in [5.41, 5.74) is 1.09. The van der Waals surface area contributed by atoms with E-state index in [-0.39, 0.29) is 11.9 Å². The average molecular weight is 261 g/mol. The van der Waals surface area contributed by atoms with Gasteiger partial charge in [0.05, 0.1) is 0 Å². The molecule has 0 aromatic heterocycles. The van der Waals surface area contributed by atoms with Gasteiger partial charge in [0.25, 0.3) is 0 Å². The second kappa shape index (κ2) is 6.17. The molecule has 0 spiro atoms. The van der Waals surface area contributed by atoms with E-state index in [1.54, 1.807) is 4.90 Å². The lowest BCUT2D eigenvalue weighted by Gasteiger charge is -2.38. The van der Waals surface area contributed by atoms with Crippen molar-refractivity contribution in [2.75, 3.05) is 47.3 Å². The van der Waals surface area contributed by atoms with Crippen molar-refractivity contribution in [1.82, 2.24) is 14.7 Å². The summed E-state index contributed by atoms with van der Waals surface area (Å²) in [6.07, 6.45) is 0. The van der Waals surface area contributed by atoms with Crippen LogP contribution in [0, 0.1) is 0 Å². The van der Waals surface area contributed by atoms with E-state index in [1.807, 2.05) is 44.4 Å². The van der Waals surface area contributed by atoms with Gasteiger partial charge in [0.2, 0.25) is 5.91 Å². The van der Waals surface area contributed by atoms with Crippen LogP contribution in [-0.2, 0) is 4.79 Å². The van der Waals surface area contributed by atoms with Crippen molar-refractivity contribution in [3.8, 4) is 0 Å². The number of hydrogen-bond donors (Lipinski definition) is 0. The van der Waals surface area contributed by atoms with Crippen LogP contribution >= 0.6 is 0 Å². The Kier molecular flexibility index (Phi) is 4.56. The van der Waals surface area contributed by atoms with Crippen molar-refractivity contribution in [2.24, 2.45) is 0 Å². The minimum Gasteiger partial charge on any atom is -0.347 e. The molecule has 0 saturated carbocycles. The predicted octanol–water partition coefficient (Wildman–Crippen LogP) is 1.06. The van der Waals surface area contributed by atoms with E-state index in [4.69, 9.17) is 0 Å². The van der Waals surface area contributed by atoms with Gasteiger partial charge in [0.1, 0.15) is 6.04 Å². The first-order chi connectivity index (χ1) is 9.09. The van der Waals surface area contributed by atoms with Gasteiger partial charge in [-0.05, 0) is 12.6 Å². The Morgan fingerprint density at radius 1 is 1.11 bits per heavy atom. The van der Waals surface area contributed by atoms with E-state index in [9.17, 15) is 4.79 Å². The molecule has 4 nitrogen and oxygen atoms in total. The number of nitrogens with zero attached hydrogens (tertiary/aromatic N) is 3. The summed E-state index contributed by atoms with van der Waals surface area (Å²) >= 11 is 0. The van der Waals surface area contributed by atoms with E-state index in [2.05, 4.69) is 16.8 Å². The lowest BCUT2D eigenvalue weighted by atomic mass is 10.0. The second-order valence-electron chi connectivity index (χ2n) is 5.39. The molecule has 1 heterocycles. The minimum absolute atomic E-state index is 0.148. The Morgan fingerprint density at radius 2 is 1.68 bits per heavy atom. The first kappa shape index (κ1) is 14.0. The predicted molar refractivity (Wildman–Crippen MR) is 76.9 cm³/mol. The van der Waals surface area contributed by atoms with Crippen LogP contribution in [0.5, 0.6) is 0 Å². The van der Waals surface area contributed by atoms with Crippen molar-refractivity contribution < 1.29 is 4.79 Å². The SMILES string of the molecule is CN1CCN(C(C(=O)N(C)C)c2ccccc2)CC1. The molecule has 0 radical (unpaired) electrons. The van der Waals surface area contributed by atoms with Gasteiger partial charge in [0, 0.05) is 40.3 Å². The fraction of sp³-hybridized carbons (Fsp3) is 0.533. The maximum absolute atomic E-state index is 12.5. The molecule has 1 aliphatic rings. The van der Waals surface area contributed by atoms with Crippen LogP contribution in [0.25, 0.3) is 0 Å². The van der Waals surface area contributed by atoms with Crippen LogP contribution in [0.3, 0.4) is 0 Å². The zero-order chi connectivity index (χ0) is 13.8. The zero-order valence-electron chi connectivity index (χ0n) is 12.0. The fourth-order valence-corrected chi connectivity index (χ4v) is 2.47. The Balaban J connectivity index is 2.22. The smallest absolute Gasteiger partial charge is 0.244 e. The van der Waals surface area contributed by atoms with Crippen LogP contribution in [0.4, 0.5) is 0 Å². The standard InChI is InChI=1S/C15H23N3O/c1-16(2)15(19)14(13-7-5-4-6-8-13)18-11-9-17(3)10-12-18/h4-8,14H,9-12H2,1-3H3. The summed E-state index contributed by atoms with van der Waals surface area (Å²) in [4.78, 5) is 18.8. The number of carbonyl (C=O) groups is 1. The lowest BCUT2D eigenvalue weighted by molar-refractivity contribution is -0.135. The van der Waals surface area contributed by atoms with Gasteiger partial charge in [-0.15, -0.1) is 0 Å². The highest BCUT2D eigenvalue weighted by Crippen LogP contribution is 2.23. The highest BCUT2D eigenvalue weighted by molar-refractivity contribution is 5.82. The summed E-state index contributed by atoms with van der Waals surface area (Å²) < 4.78 is 0. The van der Waals surface area contributed by atoms with Crippen molar-refractivity contribution in [1.29, 1.82) is 0 Å². The number of amides is 1. The number of benzene rings is 1. The van der Waals surface area contributed by atoms with Gasteiger partial charge in [-0.1, -0.05) is 30.3 Å². The molecule has 1 aromatic rings. The first-order valence-electron chi connectivity index (χ1n) is 6.78. The van der Waals surface area contributed by atoms with E-state index in [0.717, 1.165) is 31.7 Å². The molecular weight excluding hydrogens is 238 g/mol. The van der Waals surface area contributed by atoms with E-state index >= 15 is 0 Å². The topological polar surface area (TPSA) is 26.8 Å². The maximum Gasteiger partial charge on any atom is 0.244 e. The minimum atomic E-state index is -0.148. The third-order valence-corrected chi connectivity index (χ3v) is 3.69. The Morgan fingerprint density at radius 3 is 2.21 bits per heavy atom. The largest absolute Gasteiger partial charge is 0.347 e. The highest BCUT2D eigenvalue weighted by atomic mass is 16.2. The summed E-state index contributed by atoms with van der Waals surface area (Å²) in [6.45, 7) is 3.92. The molecule has 0 aliphatic carbocycles. The van der Waals surface area contributed by atoms with Gasteiger partial charge in [0.15, 0.2) is 0 Å². The van der Waals surface area contributed by atoms with Gasteiger partial charge in [-0.25, -0.2) is 0 Å². The maximum atomic E-state index is 12.5. The van der Waals surface area contributed by atoms with Crippen molar-refractivity contribution in [3.63, 3.8) is 0 Å². The van der Waals surface area contributed by atoms with Crippen LogP contribution in [-0.4, -0.2) is 67.9 Å². The highest BCUT2D eigenvalue weighted by Gasteiger charge is 2.30. The zero-order valence-corrected chi connectivity index (χ0v) is 12.0. The molecule has 104 valence electrons. The molecule has 1 saturated heterocycles. The number of likely N-dealkylation sites (N-methyl/N-ethyl adjacent to an activating group) is 2. The van der Waals surface area contributed by atoms with Crippen LogP contribution < -0.4 is 0 Å². The molecule has 1 atom stereocenters. The molecule has 1 unspecified atom stereocenters. The summed E-state index contributed by atoms with van der Waals surface area (Å²) in [5.74, 6) is 0.163. The summed E-state index contributed by atoms with van der Waals surface area (Å²) in [6, 6.07) is 9.94. The van der Waals surface area contributed by atoms with Gasteiger partial charge in [-0.2, -0.15) is 0 Å². The molecule has 1 aliphatic heterocycles. The quantitative estimate of drug-likeness (QED) is 0.814. The first-order valence-corrected chi connectivity index (χ1v) is 6.78. The number of hydrogen-bond acceptors (Lipinski definition) is 3. The molecule has 19 heavy (non-hydrogen) atoms. The van der Waals surface area contributed by atoms with Crippen molar-refractivity contribution >= 4 is 5.91 Å². The van der Waals surface area contributed by atoms with E-state index in [1.165, 1.54) is 0 Å². The Hall–Kier alpha value is -1.39. The molecule has 1 amide bonds. The fourth-order valence-electron chi connectivity index (χ4n) is 2.47. The number of rotatable bonds is 3. The van der Waals surface area contributed by atoms with Crippen molar-refractivity contribution in [3.05, 3.63) is 35.9 Å². The monoisotopic (exact) mass is 261 g/mol. The lowest BCUT2D eigenvalue weighted by Crippen LogP contribution is -2.49. The molecule has 0 N–H and O–H groups in total. The van der Waals surface area contributed by atoms with Gasteiger partial charge < -0.3 is 9.80 Å². The third-order valence-electron chi connectivity index (χ3n) is 3.69. The normalized spacial score (nSPS) is 19.1.